The van der Waals surface area contributed by atoms with Gasteiger partial charge in [-0.1, -0.05) is 17.7 Å². The van der Waals surface area contributed by atoms with Gasteiger partial charge in [-0.2, -0.15) is 0 Å². The van der Waals surface area contributed by atoms with Gasteiger partial charge in [0, 0.05) is 19.7 Å². The van der Waals surface area contributed by atoms with E-state index in [1.807, 2.05) is 18.7 Å². The topological polar surface area (TPSA) is 55.6 Å². The Hall–Kier alpha value is -1.33. The van der Waals surface area contributed by atoms with Crippen molar-refractivity contribution in [3.05, 3.63) is 33.3 Å². The average Bonchev–Trinajstić information content (AvgIpc) is 2.28. The van der Waals surface area contributed by atoms with Gasteiger partial charge in [0.25, 0.3) is 0 Å². The maximum atomic E-state index is 11.1. The first-order valence-electron chi connectivity index (χ1n) is 5.67. The summed E-state index contributed by atoms with van der Waals surface area (Å²) in [5.41, 5.74) is 0.475. The molecule has 100 valence electrons. The highest BCUT2D eigenvalue weighted by atomic mass is 35.5. The smallest absolute Gasteiger partial charge is 0.310 e. The summed E-state index contributed by atoms with van der Waals surface area (Å²) >= 11 is 5.91. The summed E-state index contributed by atoms with van der Waals surface area (Å²) in [4.78, 5) is 12.6. The Morgan fingerprint density at radius 3 is 2.67 bits per heavy atom. The molecule has 0 aromatic heterocycles. The van der Waals surface area contributed by atoms with Crippen LogP contribution in [0.4, 0.5) is 11.4 Å². The minimum Gasteiger partial charge on any atom is -0.383 e. The second kappa shape index (κ2) is 6.56. The zero-order valence-electron chi connectivity index (χ0n) is 10.7. The van der Waals surface area contributed by atoms with Crippen molar-refractivity contribution < 1.29 is 9.66 Å². The number of nitro groups is 1. The molecule has 0 saturated heterocycles. The van der Waals surface area contributed by atoms with Crippen LogP contribution < -0.4 is 4.90 Å². The van der Waals surface area contributed by atoms with Crippen LogP contribution in [-0.4, -0.2) is 31.2 Å². The maximum absolute atomic E-state index is 11.1. The Morgan fingerprint density at radius 2 is 2.17 bits per heavy atom. The number of ether oxygens (including phenoxy) is 1. The Labute approximate surface area is 111 Å². The molecule has 5 nitrogen and oxygen atoms in total. The molecule has 0 atom stereocenters. The van der Waals surface area contributed by atoms with Crippen molar-refractivity contribution in [1.29, 1.82) is 0 Å². The average molecular weight is 273 g/mol. The minimum absolute atomic E-state index is 0.0519. The molecule has 18 heavy (non-hydrogen) atoms. The van der Waals surface area contributed by atoms with Crippen LogP contribution in [0.3, 0.4) is 0 Å². The van der Waals surface area contributed by atoms with Gasteiger partial charge in [0.15, 0.2) is 0 Å². The monoisotopic (exact) mass is 272 g/mol. The zero-order chi connectivity index (χ0) is 13.7. The van der Waals surface area contributed by atoms with Crippen LogP contribution in [0, 0.1) is 10.1 Å². The largest absolute Gasteiger partial charge is 0.383 e. The number of para-hydroxylation sites is 1. The fourth-order valence-electron chi connectivity index (χ4n) is 1.76. The molecule has 1 aromatic rings. The van der Waals surface area contributed by atoms with Gasteiger partial charge in [0.05, 0.1) is 11.5 Å². The van der Waals surface area contributed by atoms with E-state index in [0.717, 1.165) is 0 Å². The number of hydrogen-bond donors (Lipinski definition) is 0. The van der Waals surface area contributed by atoms with Crippen LogP contribution in [0.5, 0.6) is 0 Å². The molecule has 0 heterocycles. The van der Waals surface area contributed by atoms with Gasteiger partial charge in [-0.05, 0) is 26.0 Å². The van der Waals surface area contributed by atoms with Crippen molar-refractivity contribution in [2.24, 2.45) is 0 Å². The molecule has 1 aromatic carbocycles. The van der Waals surface area contributed by atoms with E-state index < -0.39 is 4.92 Å². The maximum Gasteiger partial charge on any atom is 0.310 e. The van der Waals surface area contributed by atoms with E-state index in [2.05, 4.69) is 0 Å². The SMILES string of the molecule is COCCN(c1cccc(Cl)c1[N+](=O)[O-])C(C)C. The number of hydrogen-bond acceptors (Lipinski definition) is 4. The van der Waals surface area contributed by atoms with Gasteiger partial charge >= 0.3 is 5.69 Å². The standard InChI is InChI=1S/C12H17ClN2O3/c1-9(2)14(7-8-18-3)11-6-4-5-10(13)12(11)15(16)17/h4-6,9H,7-8H2,1-3H3. The number of nitrogens with zero attached hydrogens (tertiary/aromatic N) is 2. The molecule has 0 aliphatic heterocycles. The van der Waals surface area contributed by atoms with Gasteiger partial charge in [0.1, 0.15) is 10.7 Å². The van der Waals surface area contributed by atoms with Crippen LogP contribution >= 0.6 is 11.6 Å². The fourth-order valence-corrected chi connectivity index (χ4v) is 2.00. The van der Waals surface area contributed by atoms with E-state index in [-0.39, 0.29) is 16.8 Å². The second-order valence-electron chi connectivity index (χ2n) is 4.14. The summed E-state index contributed by atoms with van der Waals surface area (Å²) in [5, 5.41) is 11.3. The molecule has 0 aliphatic rings. The van der Waals surface area contributed by atoms with Crippen LogP contribution in [0.25, 0.3) is 0 Å². The molecule has 1 rings (SSSR count). The molecule has 0 amide bonds. The van der Waals surface area contributed by atoms with Gasteiger partial charge in [-0.3, -0.25) is 10.1 Å². The lowest BCUT2D eigenvalue weighted by Crippen LogP contribution is -2.34. The number of methoxy groups -OCH3 is 1. The summed E-state index contributed by atoms with van der Waals surface area (Å²) in [6.07, 6.45) is 0. The highest BCUT2D eigenvalue weighted by molar-refractivity contribution is 6.33. The lowest BCUT2D eigenvalue weighted by Gasteiger charge is -2.28. The summed E-state index contributed by atoms with van der Waals surface area (Å²) in [6.45, 7) is 5.03. The number of anilines is 1. The first-order valence-corrected chi connectivity index (χ1v) is 6.05. The molecule has 0 aliphatic carbocycles. The Kier molecular flexibility index (Phi) is 5.37. The van der Waals surface area contributed by atoms with E-state index in [4.69, 9.17) is 16.3 Å². The molecular weight excluding hydrogens is 256 g/mol. The molecule has 0 N–H and O–H groups in total. The van der Waals surface area contributed by atoms with Gasteiger partial charge < -0.3 is 9.64 Å². The van der Waals surface area contributed by atoms with Crippen LogP contribution in [0.2, 0.25) is 5.02 Å². The summed E-state index contributed by atoms with van der Waals surface area (Å²) in [7, 11) is 1.60. The summed E-state index contributed by atoms with van der Waals surface area (Å²) in [5.74, 6) is 0. The van der Waals surface area contributed by atoms with Crippen molar-refractivity contribution in [1.82, 2.24) is 0 Å². The highest BCUT2D eigenvalue weighted by Crippen LogP contribution is 2.35. The van der Waals surface area contributed by atoms with E-state index in [1.165, 1.54) is 6.07 Å². The van der Waals surface area contributed by atoms with Crippen LogP contribution in [0.1, 0.15) is 13.8 Å². The zero-order valence-corrected chi connectivity index (χ0v) is 11.5. The van der Waals surface area contributed by atoms with E-state index in [9.17, 15) is 10.1 Å². The van der Waals surface area contributed by atoms with Gasteiger partial charge in [-0.25, -0.2) is 0 Å². The van der Waals surface area contributed by atoms with Crippen molar-refractivity contribution in [2.45, 2.75) is 19.9 Å². The number of benzene rings is 1. The highest BCUT2D eigenvalue weighted by Gasteiger charge is 2.24. The third-order valence-electron chi connectivity index (χ3n) is 2.62. The molecular formula is C12H17ClN2O3. The molecule has 0 bridgehead atoms. The first-order chi connectivity index (χ1) is 8.49. The van der Waals surface area contributed by atoms with E-state index in [1.54, 1.807) is 19.2 Å². The fraction of sp³-hybridized carbons (Fsp3) is 0.500. The molecule has 0 saturated carbocycles. The quantitative estimate of drug-likeness (QED) is 0.590. The Morgan fingerprint density at radius 1 is 1.50 bits per heavy atom. The van der Waals surface area contributed by atoms with Crippen molar-refractivity contribution in [2.75, 3.05) is 25.2 Å². The predicted molar refractivity (Wildman–Crippen MR) is 72.5 cm³/mol. The van der Waals surface area contributed by atoms with Gasteiger partial charge in [0.2, 0.25) is 0 Å². The second-order valence-corrected chi connectivity index (χ2v) is 4.55. The third kappa shape index (κ3) is 3.34. The summed E-state index contributed by atoms with van der Waals surface area (Å²) in [6, 6.07) is 5.07. The molecule has 0 radical (unpaired) electrons. The van der Waals surface area contributed by atoms with Crippen LogP contribution in [-0.2, 0) is 4.74 Å². The lowest BCUT2D eigenvalue weighted by molar-refractivity contribution is -0.384. The minimum atomic E-state index is -0.445. The van der Waals surface area contributed by atoms with E-state index >= 15 is 0 Å². The van der Waals surface area contributed by atoms with Crippen molar-refractivity contribution in [3.63, 3.8) is 0 Å². The van der Waals surface area contributed by atoms with E-state index in [0.29, 0.717) is 18.8 Å². The summed E-state index contributed by atoms with van der Waals surface area (Å²) < 4.78 is 5.03. The van der Waals surface area contributed by atoms with Gasteiger partial charge in [-0.15, -0.1) is 0 Å². The molecule has 0 fully saturated rings. The molecule has 0 spiro atoms. The Bertz CT molecular complexity index is 424. The molecule has 0 unspecified atom stereocenters. The normalized spacial score (nSPS) is 10.7. The predicted octanol–water partition coefficient (Wildman–Crippen LogP) is 3.11. The third-order valence-corrected chi connectivity index (χ3v) is 2.92. The molecule has 6 heteroatoms. The lowest BCUT2D eigenvalue weighted by atomic mass is 10.2. The first kappa shape index (κ1) is 14.7. The van der Waals surface area contributed by atoms with Crippen LogP contribution in [0.15, 0.2) is 18.2 Å². The van der Waals surface area contributed by atoms with Crippen molar-refractivity contribution in [3.8, 4) is 0 Å². The Balaban J connectivity index is 3.19. The number of rotatable bonds is 6. The number of nitro benzene ring substituents is 1. The number of halogens is 1. The van der Waals surface area contributed by atoms with Crippen molar-refractivity contribution >= 4 is 23.0 Å².